The Hall–Kier alpha value is -2.64. The standard InChI is InChI=1S/C19H29N7O/c1-14(2)6-10-26-17(11-15(3)24-26)23-19(27)22-16-5-4-9-25(13-16)18-12-20-7-8-21-18/h7-8,11-12,14,16H,4-6,9-10,13H2,1-3H3,(H2,22,23,27). The van der Waals surface area contributed by atoms with E-state index < -0.39 is 0 Å². The third kappa shape index (κ3) is 5.42. The molecule has 0 spiro atoms. The fraction of sp³-hybridized carbons (Fsp3) is 0.579. The molecule has 0 bridgehead atoms. The van der Waals surface area contributed by atoms with Crippen molar-refractivity contribution < 1.29 is 4.79 Å². The highest BCUT2D eigenvalue weighted by Gasteiger charge is 2.23. The molecule has 0 saturated carbocycles. The third-order valence-corrected chi connectivity index (χ3v) is 4.69. The molecule has 8 nitrogen and oxygen atoms in total. The summed E-state index contributed by atoms with van der Waals surface area (Å²) in [7, 11) is 0. The van der Waals surface area contributed by atoms with Gasteiger partial charge in [0, 0.05) is 44.1 Å². The molecule has 2 amide bonds. The Balaban J connectivity index is 1.56. The van der Waals surface area contributed by atoms with Gasteiger partial charge in [0.2, 0.25) is 0 Å². The van der Waals surface area contributed by atoms with Gasteiger partial charge in [0.1, 0.15) is 11.6 Å². The van der Waals surface area contributed by atoms with Crippen LogP contribution in [0.3, 0.4) is 0 Å². The lowest BCUT2D eigenvalue weighted by Gasteiger charge is -2.33. The summed E-state index contributed by atoms with van der Waals surface area (Å²) in [5, 5.41) is 10.5. The van der Waals surface area contributed by atoms with Gasteiger partial charge in [-0.25, -0.2) is 14.5 Å². The molecule has 27 heavy (non-hydrogen) atoms. The molecule has 146 valence electrons. The molecule has 2 aromatic heterocycles. The number of rotatable bonds is 6. The normalized spacial score (nSPS) is 17.2. The van der Waals surface area contributed by atoms with Gasteiger partial charge in [0.15, 0.2) is 0 Å². The monoisotopic (exact) mass is 371 g/mol. The second-order valence-corrected chi connectivity index (χ2v) is 7.52. The zero-order chi connectivity index (χ0) is 19.2. The smallest absolute Gasteiger partial charge is 0.320 e. The molecule has 3 rings (SSSR count). The molecule has 1 saturated heterocycles. The molecule has 0 aromatic carbocycles. The van der Waals surface area contributed by atoms with Gasteiger partial charge in [-0.1, -0.05) is 13.8 Å². The van der Waals surface area contributed by atoms with Crippen LogP contribution in [0, 0.1) is 12.8 Å². The predicted molar refractivity (Wildman–Crippen MR) is 106 cm³/mol. The molecule has 0 radical (unpaired) electrons. The number of amides is 2. The first kappa shape index (κ1) is 19.1. The number of nitrogens with one attached hydrogen (secondary N) is 2. The SMILES string of the molecule is Cc1cc(NC(=O)NC2CCCN(c3cnccn3)C2)n(CCC(C)C)n1. The molecule has 3 heterocycles. The lowest BCUT2D eigenvalue weighted by molar-refractivity contribution is 0.246. The first-order chi connectivity index (χ1) is 13.0. The maximum Gasteiger partial charge on any atom is 0.320 e. The summed E-state index contributed by atoms with van der Waals surface area (Å²) < 4.78 is 1.88. The first-order valence-corrected chi connectivity index (χ1v) is 9.64. The number of hydrogen-bond acceptors (Lipinski definition) is 5. The molecule has 1 aliphatic rings. The number of anilines is 2. The topological polar surface area (TPSA) is 88.0 Å². The summed E-state index contributed by atoms with van der Waals surface area (Å²) in [6.45, 7) is 8.77. The Morgan fingerprint density at radius 1 is 1.37 bits per heavy atom. The maximum absolute atomic E-state index is 12.5. The van der Waals surface area contributed by atoms with Crippen LogP contribution < -0.4 is 15.5 Å². The van der Waals surface area contributed by atoms with Crippen LogP contribution in [0.15, 0.2) is 24.7 Å². The fourth-order valence-corrected chi connectivity index (χ4v) is 3.29. The first-order valence-electron chi connectivity index (χ1n) is 9.64. The van der Waals surface area contributed by atoms with Crippen molar-refractivity contribution in [3.05, 3.63) is 30.4 Å². The van der Waals surface area contributed by atoms with Gasteiger partial charge in [-0.2, -0.15) is 5.10 Å². The maximum atomic E-state index is 12.5. The molecule has 1 unspecified atom stereocenters. The van der Waals surface area contributed by atoms with Crippen molar-refractivity contribution in [2.24, 2.45) is 5.92 Å². The van der Waals surface area contributed by atoms with Gasteiger partial charge in [0.25, 0.3) is 0 Å². The zero-order valence-corrected chi connectivity index (χ0v) is 16.4. The van der Waals surface area contributed by atoms with E-state index in [9.17, 15) is 4.79 Å². The average Bonchev–Trinajstić information content (AvgIpc) is 3.00. The third-order valence-electron chi connectivity index (χ3n) is 4.69. The summed E-state index contributed by atoms with van der Waals surface area (Å²) in [5.41, 5.74) is 0.903. The minimum atomic E-state index is -0.188. The van der Waals surface area contributed by atoms with E-state index in [0.717, 1.165) is 56.2 Å². The largest absolute Gasteiger partial charge is 0.353 e. The van der Waals surface area contributed by atoms with E-state index in [4.69, 9.17) is 0 Å². The van der Waals surface area contributed by atoms with Crippen molar-refractivity contribution in [2.45, 2.75) is 52.6 Å². The number of nitrogens with zero attached hydrogens (tertiary/aromatic N) is 5. The van der Waals surface area contributed by atoms with Crippen LogP contribution in [0.2, 0.25) is 0 Å². The van der Waals surface area contributed by atoms with E-state index in [2.05, 4.69) is 44.4 Å². The van der Waals surface area contributed by atoms with Crippen LogP contribution in [0.25, 0.3) is 0 Å². The molecule has 2 aromatic rings. The summed E-state index contributed by atoms with van der Waals surface area (Å²) in [5.74, 6) is 2.18. The van der Waals surface area contributed by atoms with E-state index in [1.54, 1.807) is 18.6 Å². The quantitative estimate of drug-likeness (QED) is 0.815. The van der Waals surface area contributed by atoms with Crippen LogP contribution >= 0.6 is 0 Å². The minimum absolute atomic E-state index is 0.0777. The second-order valence-electron chi connectivity index (χ2n) is 7.52. The van der Waals surface area contributed by atoms with Crippen LogP contribution in [0.5, 0.6) is 0 Å². The molecular weight excluding hydrogens is 342 g/mol. The van der Waals surface area contributed by atoms with Crippen molar-refractivity contribution in [1.82, 2.24) is 25.1 Å². The Labute approximate surface area is 160 Å². The van der Waals surface area contributed by atoms with Gasteiger partial charge < -0.3 is 10.2 Å². The van der Waals surface area contributed by atoms with Gasteiger partial charge in [-0.05, 0) is 32.1 Å². The van der Waals surface area contributed by atoms with Crippen molar-refractivity contribution in [3.63, 3.8) is 0 Å². The highest BCUT2D eigenvalue weighted by Crippen LogP contribution is 2.17. The highest BCUT2D eigenvalue weighted by atomic mass is 16.2. The molecule has 2 N–H and O–H groups in total. The van der Waals surface area contributed by atoms with E-state index >= 15 is 0 Å². The number of carbonyl (C=O) groups is 1. The predicted octanol–water partition coefficient (Wildman–Crippen LogP) is 2.82. The van der Waals surface area contributed by atoms with Crippen LogP contribution in [0.1, 0.15) is 38.8 Å². The average molecular weight is 371 g/mol. The van der Waals surface area contributed by atoms with Crippen LogP contribution in [-0.4, -0.2) is 44.9 Å². The second kappa shape index (κ2) is 8.83. The summed E-state index contributed by atoms with van der Waals surface area (Å²) in [6, 6.07) is 1.80. The van der Waals surface area contributed by atoms with Crippen molar-refractivity contribution in [2.75, 3.05) is 23.3 Å². The van der Waals surface area contributed by atoms with Crippen molar-refractivity contribution in [3.8, 4) is 0 Å². The Morgan fingerprint density at radius 2 is 2.22 bits per heavy atom. The van der Waals surface area contributed by atoms with E-state index in [0.29, 0.717) is 5.92 Å². The Kier molecular flexibility index (Phi) is 6.26. The summed E-state index contributed by atoms with van der Waals surface area (Å²) in [4.78, 5) is 23.2. The van der Waals surface area contributed by atoms with E-state index in [1.807, 2.05) is 17.7 Å². The number of hydrogen-bond donors (Lipinski definition) is 2. The van der Waals surface area contributed by atoms with Crippen LogP contribution in [0.4, 0.5) is 16.4 Å². The number of carbonyl (C=O) groups excluding carboxylic acids is 1. The Bertz CT molecular complexity index is 744. The van der Waals surface area contributed by atoms with Crippen molar-refractivity contribution >= 4 is 17.7 Å². The van der Waals surface area contributed by atoms with E-state index in [-0.39, 0.29) is 12.1 Å². The molecule has 1 aliphatic heterocycles. The molecule has 0 aliphatic carbocycles. The molecular formula is C19H29N7O. The molecule has 8 heteroatoms. The minimum Gasteiger partial charge on any atom is -0.353 e. The molecule has 1 atom stereocenters. The summed E-state index contributed by atoms with van der Waals surface area (Å²) >= 11 is 0. The Morgan fingerprint density at radius 3 is 2.96 bits per heavy atom. The lowest BCUT2D eigenvalue weighted by atomic mass is 10.1. The summed E-state index contributed by atoms with van der Waals surface area (Å²) in [6.07, 6.45) is 8.11. The van der Waals surface area contributed by atoms with E-state index in [1.165, 1.54) is 0 Å². The van der Waals surface area contributed by atoms with Gasteiger partial charge in [0.05, 0.1) is 11.9 Å². The molecule has 1 fully saturated rings. The van der Waals surface area contributed by atoms with Crippen LogP contribution in [-0.2, 0) is 6.54 Å². The lowest BCUT2D eigenvalue weighted by Crippen LogP contribution is -2.49. The van der Waals surface area contributed by atoms with Gasteiger partial charge in [-0.15, -0.1) is 0 Å². The number of aryl methyl sites for hydroxylation is 2. The zero-order valence-electron chi connectivity index (χ0n) is 16.4. The van der Waals surface area contributed by atoms with Crippen molar-refractivity contribution in [1.29, 1.82) is 0 Å². The number of piperidine rings is 1. The van der Waals surface area contributed by atoms with Gasteiger partial charge >= 0.3 is 6.03 Å². The van der Waals surface area contributed by atoms with Gasteiger partial charge in [-0.3, -0.25) is 10.3 Å². The fourth-order valence-electron chi connectivity index (χ4n) is 3.29. The number of aromatic nitrogens is 4. The highest BCUT2D eigenvalue weighted by molar-refractivity contribution is 5.88. The number of urea groups is 1.